The van der Waals surface area contributed by atoms with Crippen molar-refractivity contribution in [3.05, 3.63) is 28.2 Å². The normalized spacial score (nSPS) is 12.4. The molecule has 0 heterocycles. The van der Waals surface area contributed by atoms with Gasteiger partial charge < -0.3 is 15.9 Å². The number of benzene rings is 1. The molecule has 1 unspecified atom stereocenters. The quantitative estimate of drug-likeness (QED) is 0.760. The number of phenols is 1. The van der Waals surface area contributed by atoms with E-state index < -0.39 is 12.0 Å². The van der Waals surface area contributed by atoms with Crippen molar-refractivity contribution in [2.45, 2.75) is 12.5 Å². The molecule has 0 bridgehead atoms. The fourth-order valence-corrected chi connectivity index (χ4v) is 1.46. The van der Waals surface area contributed by atoms with E-state index in [1.54, 1.807) is 18.2 Å². The van der Waals surface area contributed by atoms with Crippen molar-refractivity contribution in [1.82, 2.24) is 0 Å². The van der Waals surface area contributed by atoms with E-state index in [1.807, 2.05) is 0 Å². The topological polar surface area (TPSA) is 83.5 Å². The number of carboxylic acids is 1. The van der Waals surface area contributed by atoms with E-state index in [0.29, 0.717) is 10.0 Å². The van der Waals surface area contributed by atoms with Crippen molar-refractivity contribution in [2.75, 3.05) is 0 Å². The summed E-state index contributed by atoms with van der Waals surface area (Å²) in [7, 11) is 0. The minimum Gasteiger partial charge on any atom is -0.506 e. The Labute approximate surface area is 89.5 Å². The van der Waals surface area contributed by atoms with Gasteiger partial charge in [-0.3, -0.25) is 4.79 Å². The maximum Gasteiger partial charge on any atom is 0.320 e. The minimum atomic E-state index is -1.08. The van der Waals surface area contributed by atoms with Gasteiger partial charge in [0.1, 0.15) is 11.8 Å². The molecule has 0 aliphatic rings. The number of phenolic OH excluding ortho intramolecular Hbond substituents is 1. The molecule has 4 nitrogen and oxygen atoms in total. The summed E-state index contributed by atoms with van der Waals surface area (Å²) in [6, 6.07) is 4.04. The molecule has 4 N–H and O–H groups in total. The second kappa shape index (κ2) is 4.43. The summed E-state index contributed by atoms with van der Waals surface area (Å²) in [5.41, 5.74) is 5.86. The number of para-hydroxylation sites is 1. The van der Waals surface area contributed by atoms with Crippen molar-refractivity contribution in [2.24, 2.45) is 5.73 Å². The Bertz CT molecular complexity index is 354. The van der Waals surface area contributed by atoms with Crippen LogP contribution < -0.4 is 5.73 Å². The molecule has 0 aliphatic heterocycles. The lowest BCUT2D eigenvalue weighted by molar-refractivity contribution is -0.138. The van der Waals surface area contributed by atoms with Crippen LogP contribution in [0.4, 0.5) is 0 Å². The predicted molar refractivity (Wildman–Crippen MR) is 55.1 cm³/mol. The molecule has 0 aromatic heterocycles. The lowest BCUT2D eigenvalue weighted by Crippen LogP contribution is -2.32. The summed E-state index contributed by atoms with van der Waals surface area (Å²) in [6.07, 6.45) is 0.112. The van der Waals surface area contributed by atoms with Gasteiger partial charge in [0.2, 0.25) is 0 Å². The first-order valence-corrected chi connectivity index (χ1v) is 4.76. The Morgan fingerprint density at radius 1 is 1.57 bits per heavy atom. The molecule has 0 radical (unpaired) electrons. The third-order valence-electron chi connectivity index (χ3n) is 1.83. The highest BCUT2D eigenvalue weighted by molar-refractivity contribution is 9.10. The zero-order chi connectivity index (χ0) is 10.7. The van der Waals surface area contributed by atoms with Crippen LogP contribution in [0.5, 0.6) is 5.75 Å². The fourth-order valence-electron chi connectivity index (χ4n) is 1.05. The lowest BCUT2D eigenvalue weighted by Gasteiger charge is -2.08. The van der Waals surface area contributed by atoms with Crippen molar-refractivity contribution in [3.63, 3.8) is 0 Å². The van der Waals surface area contributed by atoms with E-state index in [2.05, 4.69) is 15.9 Å². The predicted octanol–water partition coefficient (Wildman–Crippen LogP) is 1.11. The first-order valence-electron chi connectivity index (χ1n) is 3.97. The van der Waals surface area contributed by atoms with Gasteiger partial charge in [0, 0.05) is 6.42 Å². The van der Waals surface area contributed by atoms with E-state index in [0.717, 1.165) is 0 Å². The molecule has 5 heteroatoms. The van der Waals surface area contributed by atoms with Gasteiger partial charge in [0.05, 0.1) is 4.47 Å². The average Bonchev–Trinajstić information content (AvgIpc) is 2.12. The van der Waals surface area contributed by atoms with Gasteiger partial charge in [-0.15, -0.1) is 0 Å². The van der Waals surface area contributed by atoms with Crippen LogP contribution in [0.15, 0.2) is 22.7 Å². The number of hydrogen-bond acceptors (Lipinski definition) is 3. The van der Waals surface area contributed by atoms with Crippen molar-refractivity contribution < 1.29 is 15.0 Å². The summed E-state index contributed by atoms with van der Waals surface area (Å²) in [4.78, 5) is 10.5. The van der Waals surface area contributed by atoms with E-state index in [9.17, 15) is 9.90 Å². The lowest BCUT2D eigenvalue weighted by atomic mass is 10.1. The Morgan fingerprint density at radius 2 is 2.21 bits per heavy atom. The number of aliphatic carboxylic acids is 1. The van der Waals surface area contributed by atoms with Gasteiger partial charge in [-0.2, -0.15) is 0 Å². The summed E-state index contributed by atoms with van der Waals surface area (Å²) >= 11 is 3.13. The SMILES string of the molecule is NC(Cc1cccc(Br)c1O)C(=O)O. The zero-order valence-corrected chi connectivity index (χ0v) is 8.86. The van der Waals surface area contributed by atoms with Gasteiger partial charge in [-0.05, 0) is 27.6 Å². The highest BCUT2D eigenvalue weighted by atomic mass is 79.9. The molecule has 0 saturated carbocycles. The largest absolute Gasteiger partial charge is 0.506 e. The highest BCUT2D eigenvalue weighted by Crippen LogP contribution is 2.27. The second-order valence-corrected chi connectivity index (χ2v) is 3.75. The standard InChI is InChI=1S/C9H10BrNO3/c10-6-3-1-2-5(8(6)12)4-7(11)9(13)14/h1-3,7,12H,4,11H2,(H,13,14). The van der Waals surface area contributed by atoms with Crippen LogP contribution in [0, 0.1) is 0 Å². The first-order chi connectivity index (χ1) is 6.52. The molecule has 0 fully saturated rings. The van der Waals surface area contributed by atoms with Crippen LogP contribution in [0.3, 0.4) is 0 Å². The molecule has 1 aromatic carbocycles. The summed E-state index contributed by atoms with van der Waals surface area (Å²) in [5, 5.41) is 18.1. The molecule has 0 saturated heterocycles. The molecular formula is C9H10BrNO3. The van der Waals surface area contributed by atoms with Crippen LogP contribution in [0.25, 0.3) is 0 Å². The van der Waals surface area contributed by atoms with Gasteiger partial charge in [-0.25, -0.2) is 0 Å². The Kier molecular flexibility index (Phi) is 3.49. The van der Waals surface area contributed by atoms with Crippen molar-refractivity contribution >= 4 is 21.9 Å². The van der Waals surface area contributed by atoms with Crippen molar-refractivity contribution in [3.8, 4) is 5.75 Å². The summed E-state index contributed by atoms with van der Waals surface area (Å²) in [5.74, 6) is -1.03. The molecule has 0 amide bonds. The average molecular weight is 260 g/mol. The maximum atomic E-state index is 10.5. The van der Waals surface area contributed by atoms with E-state index in [1.165, 1.54) is 0 Å². The Balaban J connectivity index is 2.87. The number of nitrogens with two attached hydrogens (primary N) is 1. The summed E-state index contributed by atoms with van der Waals surface area (Å²) < 4.78 is 0.535. The van der Waals surface area contributed by atoms with Gasteiger partial charge in [0.25, 0.3) is 0 Å². The number of halogens is 1. The minimum absolute atomic E-state index is 0.0456. The fraction of sp³-hybridized carbons (Fsp3) is 0.222. The number of rotatable bonds is 3. The number of carbonyl (C=O) groups is 1. The van der Waals surface area contributed by atoms with Crippen molar-refractivity contribution in [1.29, 1.82) is 0 Å². The molecule has 14 heavy (non-hydrogen) atoms. The third-order valence-corrected chi connectivity index (χ3v) is 2.47. The monoisotopic (exact) mass is 259 g/mol. The van der Waals surface area contributed by atoms with E-state index >= 15 is 0 Å². The van der Waals surface area contributed by atoms with Gasteiger partial charge >= 0.3 is 5.97 Å². The van der Waals surface area contributed by atoms with Crippen LogP contribution in [-0.2, 0) is 11.2 Å². The molecule has 76 valence electrons. The smallest absolute Gasteiger partial charge is 0.320 e. The molecule has 1 rings (SSSR count). The number of hydrogen-bond donors (Lipinski definition) is 3. The molecule has 1 atom stereocenters. The molecule has 0 spiro atoms. The molecule has 0 aliphatic carbocycles. The van der Waals surface area contributed by atoms with E-state index in [-0.39, 0.29) is 12.2 Å². The van der Waals surface area contributed by atoms with E-state index in [4.69, 9.17) is 10.8 Å². The van der Waals surface area contributed by atoms with Crippen LogP contribution in [0.2, 0.25) is 0 Å². The number of aromatic hydroxyl groups is 1. The van der Waals surface area contributed by atoms with Crippen LogP contribution in [0.1, 0.15) is 5.56 Å². The summed E-state index contributed by atoms with van der Waals surface area (Å²) in [6.45, 7) is 0. The second-order valence-electron chi connectivity index (χ2n) is 2.90. The van der Waals surface area contributed by atoms with Gasteiger partial charge in [-0.1, -0.05) is 12.1 Å². The van der Waals surface area contributed by atoms with Gasteiger partial charge in [0.15, 0.2) is 0 Å². The zero-order valence-electron chi connectivity index (χ0n) is 7.27. The highest BCUT2D eigenvalue weighted by Gasteiger charge is 2.15. The first kappa shape index (κ1) is 11.0. The van der Waals surface area contributed by atoms with Crippen LogP contribution >= 0.6 is 15.9 Å². The van der Waals surface area contributed by atoms with Crippen LogP contribution in [-0.4, -0.2) is 22.2 Å². The Morgan fingerprint density at radius 3 is 2.79 bits per heavy atom. The Hall–Kier alpha value is -1.07. The third kappa shape index (κ3) is 2.46. The molecular weight excluding hydrogens is 250 g/mol. The maximum absolute atomic E-state index is 10.5. The molecule has 1 aromatic rings. The number of carboxylic acid groups (broad SMARTS) is 1.